The number of benzene rings is 8. The number of hydrogen-bond acceptors (Lipinski definition) is 19. The van der Waals surface area contributed by atoms with Gasteiger partial charge in [0, 0.05) is 135 Å². The summed E-state index contributed by atoms with van der Waals surface area (Å²) in [6.45, 7) is 17.4. The smallest absolute Gasteiger partial charge is 0.337 e. The second-order valence-corrected chi connectivity index (χ2v) is 37.0. The van der Waals surface area contributed by atoms with Crippen LogP contribution in [0.5, 0.6) is 17.2 Å². The van der Waals surface area contributed by atoms with Crippen molar-refractivity contribution in [3.8, 4) is 17.2 Å². The van der Waals surface area contributed by atoms with E-state index in [1.807, 2.05) is 188 Å². The number of carbonyl (C=O) groups is 8. The maximum atomic E-state index is 13.6. The molecular weight excluding hydrogens is 1800 g/mol. The molecule has 0 radical (unpaired) electrons. The molecular formula is C108H118Cl4N4O19. The maximum Gasteiger partial charge on any atom is 0.337 e. The van der Waals surface area contributed by atoms with E-state index >= 15 is 0 Å². The SMILES string of the molecule is CC1=C(C(=O)OC2CCc3ccccc32)[C@@H](c2ccc(Cl)cc2)CC(=O)N1C[C@@H]1CCCO1.COc1ccccc1[C@@H](C)OC(=O)C1=C(C)N(C[C@@H]2CCCO2)C(=O)C[C@@H]1c1ccc(Cl)cc1.COc1ccccc1[C@@H](C)OC(=O)C1=C(C)N(C[C@H]2CCCO2)C(=O)C[C@H]1c1ccc(Cl)cc1.COc1ccccc1[C@H](C)OC(=O)C1=C(C)N(C[C@H]2CCCO2)C(=O)C[C@H]1c1ccc(Cl)cc1. The van der Waals surface area contributed by atoms with Crippen LogP contribution in [0.25, 0.3) is 0 Å². The van der Waals surface area contributed by atoms with Crippen molar-refractivity contribution in [2.45, 2.75) is 211 Å². The third-order valence-corrected chi connectivity index (χ3v) is 27.8. The minimum absolute atomic E-state index is 0.00529. The van der Waals surface area contributed by atoms with Crippen LogP contribution in [0.2, 0.25) is 20.1 Å². The van der Waals surface area contributed by atoms with Gasteiger partial charge in [-0.25, -0.2) is 19.2 Å². The van der Waals surface area contributed by atoms with Crippen molar-refractivity contribution in [3.05, 3.63) is 309 Å². The number of fused-ring (bicyclic) bond motifs is 1. The van der Waals surface area contributed by atoms with Gasteiger partial charge in [0.1, 0.15) is 41.7 Å². The summed E-state index contributed by atoms with van der Waals surface area (Å²) >= 11 is 24.4. The number of ether oxygens (including phenoxy) is 11. The number of esters is 4. The van der Waals surface area contributed by atoms with E-state index < -0.39 is 54.0 Å². The van der Waals surface area contributed by atoms with Gasteiger partial charge in [-0.05, 0) is 213 Å². The lowest BCUT2D eigenvalue weighted by atomic mass is 9.83. The molecule has 12 atom stereocenters. The Labute approximate surface area is 810 Å². The van der Waals surface area contributed by atoms with Crippen LogP contribution in [0.4, 0.5) is 0 Å². The monoisotopic (exact) mass is 1910 g/mol. The van der Waals surface area contributed by atoms with Gasteiger partial charge in [0.15, 0.2) is 0 Å². The Morgan fingerprint density at radius 1 is 0.341 bits per heavy atom. The molecule has 0 spiro atoms. The number of nitrogens with zero attached hydrogens (tertiary/aromatic N) is 4. The van der Waals surface area contributed by atoms with E-state index in [1.165, 1.54) is 5.56 Å². The molecule has 27 heteroatoms. The van der Waals surface area contributed by atoms with Crippen molar-refractivity contribution in [2.24, 2.45) is 0 Å². The summed E-state index contributed by atoms with van der Waals surface area (Å²) in [5, 5.41) is 2.41. The minimum atomic E-state index is -0.529. The standard InChI is InChI=1S/3C27H30ClNO5.C27H28ClNO4/c3*1-17-26(27(31)34-18(2)22-8-4-5-9-24(22)32-3)23(19-10-12-20(28)13-11-19)15-25(30)29(17)16-21-7-6-14-33-21;1-17-26(27(31)33-24-13-10-18-5-2-3-7-22(18)24)23(19-8-11-20(28)12-9-19)15-25(30)29(17)16-21-6-4-14-32-21/h3*4-5,8-13,18,21,23H,6-7,14-16H2,1-3H3;2-3,5,7-9,11-12,21,23-24H,4,6,10,13-16H2,1H3/t2*18-,21+,23-;18-,21-,23+;21-,23+,24?/m1010/s1. The molecule has 8 aromatic carbocycles. The fourth-order valence-electron chi connectivity index (χ4n) is 19.6. The fraction of sp³-hybridized carbons (Fsp3) is 0.407. The van der Waals surface area contributed by atoms with Gasteiger partial charge in [-0.3, -0.25) is 19.2 Å². The van der Waals surface area contributed by atoms with Crippen molar-refractivity contribution in [2.75, 3.05) is 73.9 Å². The van der Waals surface area contributed by atoms with Gasteiger partial charge in [-0.2, -0.15) is 0 Å². The van der Waals surface area contributed by atoms with Crippen molar-refractivity contribution in [3.63, 3.8) is 0 Å². The van der Waals surface area contributed by atoms with E-state index in [0.29, 0.717) is 128 Å². The van der Waals surface area contributed by atoms with Gasteiger partial charge < -0.3 is 71.7 Å². The first-order valence-corrected chi connectivity index (χ1v) is 48.0. The molecule has 8 heterocycles. The number of allylic oxidation sites excluding steroid dienone is 4. The van der Waals surface area contributed by atoms with E-state index in [4.69, 9.17) is 98.5 Å². The Kier molecular flexibility index (Phi) is 34.5. The molecule has 4 fully saturated rings. The molecule has 8 aromatic rings. The lowest BCUT2D eigenvalue weighted by molar-refractivity contribution is -0.147. The number of methoxy groups -OCH3 is 3. The van der Waals surface area contributed by atoms with Crippen LogP contribution in [0, 0.1) is 0 Å². The van der Waals surface area contributed by atoms with Gasteiger partial charge in [0.25, 0.3) is 0 Å². The van der Waals surface area contributed by atoms with Crippen LogP contribution in [0.15, 0.2) is 239 Å². The number of hydrogen-bond donors (Lipinski definition) is 0. The number of halogens is 4. The van der Waals surface area contributed by atoms with Gasteiger partial charge in [-0.15, -0.1) is 0 Å². The summed E-state index contributed by atoms with van der Waals surface area (Å²) in [4.78, 5) is 114. The molecule has 0 N–H and O–H groups in total. The topological polar surface area (TPSA) is 251 Å². The summed E-state index contributed by atoms with van der Waals surface area (Å²) in [6, 6.07) is 59.7. The number of rotatable bonds is 26. The molecule has 8 aliphatic heterocycles. The molecule has 4 amide bonds. The highest BCUT2D eigenvalue weighted by atomic mass is 35.5. The average molecular weight is 1920 g/mol. The number of amides is 4. The summed E-state index contributed by atoms with van der Waals surface area (Å²) < 4.78 is 63.3. The first-order chi connectivity index (χ1) is 65.2. The van der Waals surface area contributed by atoms with E-state index in [1.54, 1.807) is 89.5 Å². The zero-order valence-electron chi connectivity index (χ0n) is 78.0. The Balaban J connectivity index is 0.000000144. The second-order valence-electron chi connectivity index (χ2n) is 35.3. The third-order valence-electron chi connectivity index (χ3n) is 26.8. The first kappa shape index (κ1) is 99.8. The average Bonchev–Trinajstić information content (AvgIpc) is 1.31. The lowest BCUT2D eigenvalue weighted by Crippen LogP contribution is -2.42. The molecule has 1 unspecified atom stereocenters. The Hall–Kier alpha value is -11.1. The first-order valence-electron chi connectivity index (χ1n) is 46.5. The number of carbonyl (C=O) groups excluding carboxylic acids is 8. The number of para-hydroxylation sites is 3. The maximum absolute atomic E-state index is 13.6. The molecule has 0 bridgehead atoms. The van der Waals surface area contributed by atoms with Crippen molar-refractivity contribution in [1.29, 1.82) is 0 Å². The zero-order chi connectivity index (χ0) is 95.7. The molecule has 1 aliphatic carbocycles. The third kappa shape index (κ3) is 24.3. The summed E-state index contributed by atoms with van der Waals surface area (Å²) in [6.07, 6.45) is 8.13. The largest absolute Gasteiger partial charge is 0.496 e. The van der Waals surface area contributed by atoms with Gasteiger partial charge in [-0.1, -0.05) is 174 Å². The van der Waals surface area contributed by atoms with Crippen LogP contribution < -0.4 is 14.2 Å². The highest BCUT2D eigenvalue weighted by Crippen LogP contribution is 2.47. The van der Waals surface area contributed by atoms with E-state index in [9.17, 15) is 38.4 Å². The molecule has 712 valence electrons. The predicted octanol–water partition coefficient (Wildman–Crippen LogP) is 21.6. The Morgan fingerprint density at radius 2 is 0.593 bits per heavy atom. The molecule has 4 saturated heterocycles. The predicted molar refractivity (Wildman–Crippen MR) is 515 cm³/mol. The van der Waals surface area contributed by atoms with E-state index in [-0.39, 0.29) is 91.7 Å². The molecule has 0 saturated carbocycles. The quantitative estimate of drug-likeness (QED) is 0.0361. The van der Waals surface area contributed by atoms with Gasteiger partial charge >= 0.3 is 23.9 Å². The molecule has 135 heavy (non-hydrogen) atoms. The molecule has 17 rings (SSSR count). The van der Waals surface area contributed by atoms with E-state index in [2.05, 4.69) is 6.07 Å². The Morgan fingerprint density at radius 3 is 0.852 bits per heavy atom. The van der Waals surface area contributed by atoms with Crippen LogP contribution in [0.3, 0.4) is 0 Å². The summed E-state index contributed by atoms with van der Waals surface area (Å²) in [5.41, 5.74) is 12.6. The molecule has 9 aliphatic rings. The van der Waals surface area contributed by atoms with E-state index in [0.717, 1.165) is 115 Å². The molecule has 23 nitrogen and oxygen atoms in total. The normalized spacial score (nSPS) is 22.3. The van der Waals surface area contributed by atoms with Crippen molar-refractivity contribution < 1.29 is 90.5 Å². The second kappa shape index (κ2) is 46.6. The van der Waals surface area contributed by atoms with Crippen LogP contribution >= 0.6 is 46.4 Å². The van der Waals surface area contributed by atoms with Crippen LogP contribution in [-0.2, 0) is 82.7 Å². The van der Waals surface area contributed by atoms with Gasteiger partial charge in [0.2, 0.25) is 23.6 Å². The lowest BCUT2D eigenvalue weighted by Gasteiger charge is -2.36. The molecule has 0 aromatic heterocycles. The Bertz CT molecular complexity index is 5290. The highest BCUT2D eigenvalue weighted by molar-refractivity contribution is 6.31. The van der Waals surface area contributed by atoms with Crippen LogP contribution in [-0.4, -0.2) is 165 Å². The van der Waals surface area contributed by atoms with Crippen molar-refractivity contribution >= 4 is 93.9 Å². The number of aryl methyl sites for hydroxylation is 1. The zero-order valence-corrected chi connectivity index (χ0v) is 81.0. The van der Waals surface area contributed by atoms with Gasteiger partial charge in [0.05, 0.1) is 94.2 Å². The highest BCUT2D eigenvalue weighted by Gasteiger charge is 2.45. The summed E-state index contributed by atoms with van der Waals surface area (Å²) in [5.74, 6) is -1.39. The fourth-order valence-corrected chi connectivity index (χ4v) is 20.1. The van der Waals surface area contributed by atoms with Crippen LogP contribution in [0.1, 0.15) is 230 Å². The minimum Gasteiger partial charge on any atom is -0.496 e. The van der Waals surface area contributed by atoms with Crippen molar-refractivity contribution in [1.82, 2.24) is 19.6 Å². The summed E-state index contributed by atoms with van der Waals surface area (Å²) in [7, 11) is 4.77.